The van der Waals surface area contributed by atoms with Gasteiger partial charge in [-0.2, -0.15) is 13.2 Å². The van der Waals surface area contributed by atoms with Crippen LogP contribution >= 0.6 is 12.2 Å². The average Bonchev–Trinajstić information content (AvgIpc) is 2.92. The number of hydrogen-bond acceptors (Lipinski definition) is 2. The van der Waals surface area contributed by atoms with Crippen LogP contribution in [0, 0.1) is 0 Å². The van der Waals surface area contributed by atoms with E-state index in [2.05, 4.69) is 22.5 Å². The second-order valence-corrected chi connectivity index (χ2v) is 5.75. The third-order valence-corrected chi connectivity index (χ3v) is 4.10. The molecule has 1 aliphatic rings. The van der Waals surface area contributed by atoms with Gasteiger partial charge in [-0.25, -0.2) is 0 Å². The number of halogens is 3. The molecule has 2 N–H and O–H groups in total. The number of alkyl halides is 3. The van der Waals surface area contributed by atoms with Crippen molar-refractivity contribution < 1.29 is 13.2 Å². The van der Waals surface area contributed by atoms with Gasteiger partial charge in [-0.05, 0) is 56.3 Å². The lowest BCUT2D eigenvalue weighted by molar-refractivity contribution is -0.137. The predicted octanol–water partition coefficient (Wildman–Crippen LogP) is 3.48. The molecule has 0 aromatic heterocycles. The molecule has 0 saturated carbocycles. The van der Waals surface area contributed by atoms with Crippen molar-refractivity contribution in [3.8, 4) is 0 Å². The van der Waals surface area contributed by atoms with Crippen LogP contribution < -0.4 is 10.6 Å². The summed E-state index contributed by atoms with van der Waals surface area (Å²) >= 11 is 5.16. The van der Waals surface area contributed by atoms with Crippen molar-refractivity contribution in [2.75, 3.05) is 25.0 Å². The zero-order valence-corrected chi connectivity index (χ0v) is 13.2. The smallest absolute Gasteiger partial charge is 0.361 e. The molecule has 0 amide bonds. The van der Waals surface area contributed by atoms with Gasteiger partial charge in [-0.3, -0.25) is 4.90 Å². The molecule has 1 saturated heterocycles. The van der Waals surface area contributed by atoms with E-state index in [1.165, 1.54) is 12.5 Å². The minimum atomic E-state index is -4.35. The van der Waals surface area contributed by atoms with Crippen molar-refractivity contribution in [2.24, 2.45) is 0 Å². The van der Waals surface area contributed by atoms with Crippen molar-refractivity contribution in [1.82, 2.24) is 10.2 Å². The van der Waals surface area contributed by atoms with Gasteiger partial charge in [-0.15, -0.1) is 0 Å². The fourth-order valence-corrected chi connectivity index (χ4v) is 2.90. The lowest BCUT2D eigenvalue weighted by Crippen LogP contribution is -2.41. The number of rotatable bonds is 4. The third-order valence-electron chi connectivity index (χ3n) is 3.85. The summed E-state index contributed by atoms with van der Waals surface area (Å²) in [5.41, 5.74) is -0.348. The standard InChI is InChI=1S/C15H20F3N3S/c1-2-21-8-4-7-13(21)10-19-14(22)20-12-6-3-5-11(9-12)15(16,17)18/h3,5-6,9,13H,2,4,7-8,10H2,1H3,(H2,19,20,22). The number of hydrogen-bond donors (Lipinski definition) is 2. The van der Waals surface area contributed by atoms with E-state index in [-0.39, 0.29) is 0 Å². The van der Waals surface area contributed by atoms with Crippen LogP contribution in [0.4, 0.5) is 18.9 Å². The van der Waals surface area contributed by atoms with Crippen molar-refractivity contribution in [2.45, 2.75) is 32.0 Å². The first-order valence-corrected chi connectivity index (χ1v) is 7.77. The van der Waals surface area contributed by atoms with Crippen molar-refractivity contribution >= 4 is 23.0 Å². The lowest BCUT2D eigenvalue weighted by Gasteiger charge is -2.23. The molecule has 3 nitrogen and oxygen atoms in total. The Morgan fingerprint density at radius 1 is 1.41 bits per heavy atom. The van der Waals surface area contributed by atoms with Crippen LogP contribution in [-0.2, 0) is 6.18 Å². The Hall–Kier alpha value is -1.34. The zero-order valence-electron chi connectivity index (χ0n) is 12.4. The summed E-state index contributed by atoms with van der Waals surface area (Å²) in [6.07, 6.45) is -2.06. The quantitative estimate of drug-likeness (QED) is 0.826. The largest absolute Gasteiger partial charge is 0.416 e. The lowest BCUT2D eigenvalue weighted by atomic mass is 10.2. The molecule has 0 aliphatic carbocycles. The monoisotopic (exact) mass is 331 g/mol. The highest BCUT2D eigenvalue weighted by Crippen LogP contribution is 2.30. The molecule has 2 rings (SSSR count). The van der Waals surface area contributed by atoms with Crippen LogP contribution in [0.3, 0.4) is 0 Å². The summed E-state index contributed by atoms with van der Waals surface area (Å²) < 4.78 is 38.0. The molecule has 0 bridgehead atoms. The van der Waals surface area contributed by atoms with E-state index in [0.29, 0.717) is 23.4 Å². The summed E-state index contributed by atoms with van der Waals surface area (Å²) in [6, 6.07) is 5.47. The Balaban J connectivity index is 1.87. The molecular weight excluding hydrogens is 311 g/mol. The van der Waals surface area contributed by atoms with Gasteiger partial charge in [0.05, 0.1) is 5.56 Å². The van der Waals surface area contributed by atoms with Crippen molar-refractivity contribution in [3.63, 3.8) is 0 Å². The van der Waals surface area contributed by atoms with E-state index in [4.69, 9.17) is 12.2 Å². The fraction of sp³-hybridized carbons (Fsp3) is 0.533. The number of thiocarbonyl (C=S) groups is 1. The van der Waals surface area contributed by atoms with Crippen LogP contribution in [0.15, 0.2) is 24.3 Å². The van der Waals surface area contributed by atoms with Gasteiger partial charge in [0.1, 0.15) is 0 Å². The molecule has 1 unspecified atom stereocenters. The molecule has 1 aromatic carbocycles. The van der Waals surface area contributed by atoms with Crippen LogP contribution in [0.1, 0.15) is 25.3 Å². The van der Waals surface area contributed by atoms with Crippen LogP contribution in [-0.4, -0.2) is 35.7 Å². The predicted molar refractivity (Wildman–Crippen MR) is 85.9 cm³/mol. The second-order valence-electron chi connectivity index (χ2n) is 5.34. The zero-order chi connectivity index (χ0) is 16.2. The van der Waals surface area contributed by atoms with E-state index < -0.39 is 11.7 Å². The Bertz CT molecular complexity index is 519. The number of nitrogens with zero attached hydrogens (tertiary/aromatic N) is 1. The van der Waals surface area contributed by atoms with Gasteiger partial charge in [0.15, 0.2) is 5.11 Å². The maximum absolute atomic E-state index is 12.7. The van der Waals surface area contributed by atoms with Crippen LogP contribution in [0.25, 0.3) is 0 Å². The Labute approximate surface area is 133 Å². The molecule has 0 spiro atoms. The number of likely N-dealkylation sites (N-methyl/N-ethyl adjacent to an activating group) is 1. The van der Waals surface area contributed by atoms with E-state index in [1.807, 2.05) is 0 Å². The molecule has 1 aliphatic heterocycles. The summed E-state index contributed by atoms with van der Waals surface area (Å²) in [4.78, 5) is 2.37. The van der Waals surface area contributed by atoms with Crippen molar-refractivity contribution in [1.29, 1.82) is 0 Å². The molecule has 122 valence electrons. The summed E-state index contributed by atoms with van der Waals surface area (Å²) in [6.45, 7) is 4.92. The summed E-state index contributed by atoms with van der Waals surface area (Å²) in [5.74, 6) is 0. The second kappa shape index (κ2) is 7.28. The topological polar surface area (TPSA) is 27.3 Å². The Morgan fingerprint density at radius 3 is 2.86 bits per heavy atom. The molecule has 1 atom stereocenters. The van der Waals surface area contributed by atoms with Gasteiger partial charge in [-0.1, -0.05) is 13.0 Å². The highest BCUT2D eigenvalue weighted by molar-refractivity contribution is 7.80. The SMILES string of the molecule is CCN1CCCC1CNC(=S)Nc1cccc(C(F)(F)F)c1. The van der Waals surface area contributed by atoms with E-state index >= 15 is 0 Å². The fourth-order valence-electron chi connectivity index (χ4n) is 2.70. The normalized spacial score (nSPS) is 19.2. The van der Waals surface area contributed by atoms with Gasteiger partial charge < -0.3 is 10.6 Å². The van der Waals surface area contributed by atoms with Gasteiger partial charge >= 0.3 is 6.18 Å². The minimum absolute atomic E-state index is 0.339. The highest BCUT2D eigenvalue weighted by Gasteiger charge is 2.30. The molecule has 1 heterocycles. The van der Waals surface area contributed by atoms with Gasteiger partial charge in [0, 0.05) is 18.3 Å². The first-order valence-electron chi connectivity index (χ1n) is 7.36. The summed E-state index contributed by atoms with van der Waals surface area (Å²) in [7, 11) is 0. The Kier molecular flexibility index (Phi) is 5.63. The maximum Gasteiger partial charge on any atom is 0.416 e. The number of nitrogens with one attached hydrogen (secondary N) is 2. The first-order chi connectivity index (χ1) is 10.4. The van der Waals surface area contributed by atoms with Crippen LogP contribution in [0.5, 0.6) is 0 Å². The third kappa shape index (κ3) is 4.58. The van der Waals surface area contributed by atoms with Crippen LogP contribution in [0.2, 0.25) is 0 Å². The maximum atomic E-state index is 12.7. The number of anilines is 1. The van der Waals surface area contributed by atoms with E-state index in [1.54, 1.807) is 6.07 Å². The molecule has 1 fully saturated rings. The van der Waals surface area contributed by atoms with Gasteiger partial charge in [0.2, 0.25) is 0 Å². The summed E-state index contributed by atoms with van der Waals surface area (Å²) in [5, 5.41) is 6.26. The number of benzene rings is 1. The molecule has 22 heavy (non-hydrogen) atoms. The van der Waals surface area contributed by atoms with E-state index in [0.717, 1.165) is 31.6 Å². The van der Waals surface area contributed by atoms with E-state index in [9.17, 15) is 13.2 Å². The Morgan fingerprint density at radius 2 is 2.18 bits per heavy atom. The van der Waals surface area contributed by atoms with Crippen molar-refractivity contribution in [3.05, 3.63) is 29.8 Å². The molecular formula is C15H20F3N3S. The molecule has 1 aromatic rings. The first kappa shape index (κ1) is 17.0. The average molecular weight is 331 g/mol. The van der Waals surface area contributed by atoms with Gasteiger partial charge in [0.25, 0.3) is 0 Å². The molecule has 0 radical (unpaired) electrons. The number of likely N-dealkylation sites (tertiary alicyclic amines) is 1. The minimum Gasteiger partial charge on any atom is -0.361 e. The highest BCUT2D eigenvalue weighted by atomic mass is 32.1. The molecule has 7 heteroatoms.